The van der Waals surface area contributed by atoms with E-state index < -0.39 is 0 Å². The van der Waals surface area contributed by atoms with E-state index >= 15 is 0 Å². The van der Waals surface area contributed by atoms with Gasteiger partial charge in [0.1, 0.15) is 0 Å². The molecule has 1 amide bonds. The van der Waals surface area contributed by atoms with Gasteiger partial charge in [0, 0.05) is 22.3 Å². The van der Waals surface area contributed by atoms with Crippen LogP contribution in [0.3, 0.4) is 0 Å². The molecule has 0 spiro atoms. The number of benzene rings is 1. The number of rotatable bonds is 6. The number of carbonyl (C=O) groups is 2. The van der Waals surface area contributed by atoms with E-state index in [4.69, 9.17) is 4.74 Å². The summed E-state index contributed by atoms with van der Waals surface area (Å²) < 4.78 is 4.83. The van der Waals surface area contributed by atoms with Gasteiger partial charge >= 0.3 is 5.97 Å². The van der Waals surface area contributed by atoms with Crippen molar-refractivity contribution < 1.29 is 14.3 Å². The first-order chi connectivity index (χ1) is 14.1. The number of nitrogens with zero attached hydrogens (tertiary/aromatic N) is 1. The summed E-state index contributed by atoms with van der Waals surface area (Å²) in [6.07, 6.45) is 7.23. The second kappa shape index (κ2) is 9.09. The van der Waals surface area contributed by atoms with Gasteiger partial charge in [0.05, 0.1) is 13.0 Å². The van der Waals surface area contributed by atoms with Crippen LogP contribution in [0.25, 0.3) is 0 Å². The van der Waals surface area contributed by atoms with Crippen molar-refractivity contribution in [2.75, 3.05) is 32.5 Å². The quantitative estimate of drug-likeness (QED) is 0.566. The molecule has 3 heterocycles. The molecule has 1 aromatic carbocycles. The fraction of sp³-hybridized carbons (Fsp3) is 0.652. The number of thioether (sulfide) groups is 1. The molecule has 3 aliphatic heterocycles. The molecule has 2 bridgehead atoms. The Morgan fingerprint density at radius 2 is 1.69 bits per heavy atom. The molecule has 0 aromatic heterocycles. The van der Waals surface area contributed by atoms with Crippen LogP contribution >= 0.6 is 11.8 Å². The average Bonchev–Trinajstić information content (AvgIpc) is 2.79. The predicted octanol–water partition coefficient (Wildman–Crippen LogP) is 3.73. The maximum Gasteiger partial charge on any atom is 0.308 e. The number of amides is 1. The molecule has 4 fully saturated rings. The minimum Gasteiger partial charge on any atom is -0.469 e. The second-order valence-corrected chi connectivity index (χ2v) is 10.00. The van der Waals surface area contributed by atoms with Crippen molar-refractivity contribution in [2.45, 2.75) is 55.9 Å². The molecule has 1 N–H and O–H groups in total. The Kier molecular flexibility index (Phi) is 6.50. The number of fused-ring (bicyclic) bond motifs is 3. The summed E-state index contributed by atoms with van der Waals surface area (Å²) in [7, 11) is 1.44. The molecule has 1 saturated carbocycles. The fourth-order valence-electron chi connectivity index (χ4n) is 4.96. The van der Waals surface area contributed by atoms with E-state index in [1.807, 2.05) is 23.9 Å². The van der Waals surface area contributed by atoms with E-state index in [0.717, 1.165) is 25.7 Å². The number of methoxy groups -OCH3 is 1. The van der Waals surface area contributed by atoms with Crippen LogP contribution in [0, 0.1) is 11.3 Å². The van der Waals surface area contributed by atoms with Crippen LogP contribution in [0.1, 0.15) is 55.3 Å². The monoisotopic (exact) mass is 416 g/mol. The van der Waals surface area contributed by atoms with Crippen LogP contribution in [0.2, 0.25) is 0 Å². The largest absolute Gasteiger partial charge is 0.469 e. The Morgan fingerprint density at radius 1 is 1.07 bits per heavy atom. The maximum absolute atomic E-state index is 12.6. The molecule has 0 unspecified atom stereocenters. The lowest BCUT2D eigenvalue weighted by atomic mass is 9.74. The summed E-state index contributed by atoms with van der Waals surface area (Å²) in [6, 6.07) is 8.20. The molecular formula is C23H32N2O3S. The Labute approximate surface area is 177 Å². The van der Waals surface area contributed by atoms with Crippen molar-refractivity contribution in [3.8, 4) is 0 Å². The van der Waals surface area contributed by atoms with Crippen LogP contribution in [0.15, 0.2) is 29.2 Å². The number of hydrogen-bond donors (Lipinski definition) is 1. The molecule has 5 rings (SSSR count). The van der Waals surface area contributed by atoms with Crippen molar-refractivity contribution in [1.82, 2.24) is 10.2 Å². The van der Waals surface area contributed by atoms with E-state index in [0.29, 0.717) is 11.0 Å². The van der Waals surface area contributed by atoms with E-state index in [2.05, 4.69) is 22.3 Å². The minimum absolute atomic E-state index is 0.0127. The highest BCUT2D eigenvalue weighted by molar-refractivity contribution is 7.99. The Hall–Kier alpha value is -1.53. The van der Waals surface area contributed by atoms with E-state index in [9.17, 15) is 9.59 Å². The number of esters is 1. The highest BCUT2D eigenvalue weighted by Crippen LogP contribution is 2.43. The van der Waals surface area contributed by atoms with Gasteiger partial charge < -0.3 is 15.0 Å². The zero-order valence-corrected chi connectivity index (χ0v) is 18.1. The molecule has 0 radical (unpaired) electrons. The summed E-state index contributed by atoms with van der Waals surface area (Å²) >= 11 is 1.94. The van der Waals surface area contributed by atoms with Gasteiger partial charge in [-0.25, -0.2) is 0 Å². The molecular weight excluding hydrogens is 384 g/mol. The average molecular weight is 417 g/mol. The third kappa shape index (κ3) is 4.97. The SMILES string of the molecule is COC(=O)C1CCC(NC(=O)c2ccc(SCC34CCN(CC3)CC4)cc2)CC1. The third-order valence-corrected chi connectivity index (χ3v) is 8.50. The lowest BCUT2D eigenvalue weighted by Crippen LogP contribution is -2.49. The summed E-state index contributed by atoms with van der Waals surface area (Å²) in [4.78, 5) is 28.1. The van der Waals surface area contributed by atoms with Gasteiger partial charge in [-0.05, 0) is 94.3 Å². The first kappa shape index (κ1) is 20.7. The van der Waals surface area contributed by atoms with Gasteiger partial charge in [-0.2, -0.15) is 0 Å². The summed E-state index contributed by atoms with van der Waals surface area (Å²) in [6.45, 7) is 3.80. The van der Waals surface area contributed by atoms with Gasteiger partial charge in [0.25, 0.3) is 5.91 Å². The van der Waals surface area contributed by atoms with Crippen molar-refractivity contribution in [3.05, 3.63) is 29.8 Å². The van der Waals surface area contributed by atoms with Crippen molar-refractivity contribution in [3.63, 3.8) is 0 Å². The molecule has 29 heavy (non-hydrogen) atoms. The topological polar surface area (TPSA) is 58.6 Å². The Balaban J connectivity index is 1.24. The number of carbonyl (C=O) groups excluding carboxylic acids is 2. The zero-order chi connectivity index (χ0) is 20.3. The molecule has 0 atom stereocenters. The van der Waals surface area contributed by atoms with Gasteiger partial charge in [0.2, 0.25) is 0 Å². The predicted molar refractivity (Wildman–Crippen MR) is 115 cm³/mol. The van der Waals surface area contributed by atoms with Crippen LogP contribution in [0.4, 0.5) is 0 Å². The van der Waals surface area contributed by atoms with E-state index in [1.54, 1.807) is 0 Å². The fourth-order valence-corrected chi connectivity index (χ4v) is 6.19. The molecule has 3 saturated heterocycles. The first-order valence-corrected chi connectivity index (χ1v) is 11.9. The van der Waals surface area contributed by atoms with Crippen molar-refractivity contribution in [1.29, 1.82) is 0 Å². The summed E-state index contributed by atoms with van der Waals surface area (Å²) in [5.74, 6) is 1.04. The number of nitrogens with one attached hydrogen (secondary N) is 1. The van der Waals surface area contributed by atoms with Gasteiger partial charge in [-0.3, -0.25) is 9.59 Å². The summed E-state index contributed by atoms with van der Waals surface area (Å²) in [5, 5.41) is 3.13. The molecule has 1 aliphatic carbocycles. The lowest BCUT2D eigenvalue weighted by molar-refractivity contribution is -0.146. The summed E-state index contributed by atoms with van der Waals surface area (Å²) in [5.41, 5.74) is 1.24. The number of piperidine rings is 3. The molecule has 4 aliphatic rings. The van der Waals surface area contributed by atoms with Crippen LogP contribution in [-0.2, 0) is 9.53 Å². The standard InChI is InChI=1S/C23H32N2O3S/c1-28-22(27)18-2-6-19(7-3-18)24-21(26)17-4-8-20(9-5-17)29-16-23-10-13-25(14-11-23)15-12-23/h4-5,8-9,18-19H,2-3,6-7,10-16H2,1H3,(H,24,26). The highest BCUT2D eigenvalue weighted by atomic mass is 32.2. The van der Waals surface area contributed by atoms with Crippen LogP contribution in [0.5, 0.6) is 0 Å². The van der Waals surface area contributed by atoms with E-state index in [-0.39, 0.29) is 23.8 Å². The van der Waals surface area contributed by atoms with Gasteiger partial charge in [-0.1, -0.05) is 0 Å². The lowest BCUT2D eigenvalue weighted by Gasteiger charge is -2.48. The van der Waals surface area contributed by atoms with Gasteiger partial charge in [0.15, 0.2) is 0 Å². The normalized spacial score (nSPS) is 31.3. The van der Waals surface area contributed by atoms with Crippen molar-refractivity contribution >= 4 is 23.6 Å². The van der Waals surface area contributed by atoms with E-state index in [1.165, 1.54) is 56.7 Å². The van der Waals surface area contributed by atoms with Crippen LogP contribution < -0.4 is 5.32 Å². The second-order valence-electron chi connectivity index (χ2n) is 8.95. The molecule has 1 aromatic rings. The Bertz CT molecular complexity index is 706. The Morgan fingerprint density at radius 3 is 2.28 bits per heavy atom. The first-order valence-electron chi connectivity index (χ1n) is 10.9. The van der Waals surface area contributed by atoms with Crippen molar-refractivity contribution in [2.24, 2.45) is 11.3 Å². The third-order valence-electron chi connectivity index (χ3n) is 7.13. The number of ether oxygens (including phenoxy) is 1. The highest BCUT2D eigenvalue weighted by Gasteiger charge is 2.39. The number of hydrogen-bond acceptors (Lipinski definition) is 5. The maximum atomic E-state index is 12.6. The van der Waals surface area contributed by atoms with Crippen LogP contribution in [-0.4, -0.2) is 55.3 Å². The molecule has 158 valence electrons. The smallest absolute Gasteiger partial charge is 0.308 e. The minimum atomic E-state index is -0.124. The molecule has 6 heteroatoms. The zero-order valence-electron chi connectivity index (χ0n) is 17.3. The van der Waals surface area contributed by atoms with Gasteiger partial charge in [-0.15, -0.1) is 11.8 Å². The molecule has 5 nitrogen and oxygen atoms in total.